The molecule has 4 aromatic rings. The number of imidazole rings is 1. The Balaban J connectivity index is 1.40. The van der Waals surface area contributed by atoms with Crippen LogP contribution in [-0.4, -0.2) is 22.5 Å². The van der Waals surface area contributed by atoms with Gasteiger partial charge in [0, 0.05) is 16.3 Å². The number of hydrogen-bond acceptors (Lipinski definition) is 3. The number of carbonyl (C=O) groups excluding carboxylic acids is 1. The number of nitrogens with one attached hydrogen (secondary N) is 2. The molecule has 0 spiro atoms. The third kappa shape index (κ3) is 4.41. The van der Waals surface area contributed by atoms with Gasteiger partial charge in [0.2, 0.25) is 0 Å². The summed E-state index contributed by atoms with van der Waals surface area (Å²) in [6.45, 7) is 3.94. The summed E-state index contributed by atoms with van der Waals surface area (Å²) >= 11 is 6.03. The smallest absolute Gasteiger partial charge is 0.262 e. The fraction of sp³-hybridized carbons (Fsp3) is 0.130. The minimum atomic E-state index is -0.212. The second-order valence-corrected chi connectivity index (χ2v) is 7.37. The predicted molar refractivity (Wildman–Crippen MR) is 117 cm³/mol. The Hall–Kier alpha value is -3.31. The fourth-order valence-electron chi connectivity index (χ4n) is 3.13. The molecule has 1 heterocycles. The van der Waals surface area contributed by atoms with Crippen molar-refractivity contribution in [1.82, 2.24) is 9.97 Å². The van der Waals surface area contributed by atoms with Gasteiger partial charge in [0.25, 0.3) is 5.91 Å². The van der Waals surface area contributed by atoms with E-state index in [2.05, 4.69) is 15.3 Å². The van der Waals surface area contributed by atoms with Crippen molar-refractivity contribution in [2.75, 3.05) is 11.9 Å². The highest BCUT2D eigenvalue weighted by Gasteiger charge is 2.08. The molecule has 5 nitrogen and oxygen atoms in total. The van der Waals surface area contributed by atoms with Crippen molar-refractivity contribution in [2.45, 2.75) is 13.8 Å². The van der Waals surface area contributed by atoms with E-state index >= 15 is 0 Å². The number of benzene rings is 3. The summed E-state index contributed by atoms with van der Waals surface area (Å²) in [6, 6.07) is 18.9. The average molecular weight is 406 g/mol. The molecule has 0 saturated heterocycles. The molecule has 0 saturated carbocycles. The first kappa shape index (κ1) is 19.0. The largest absolute Gasteiger partial charge is 0.483 e. The molecule has 2 N–H and O–H groups in total. The molecule has 0 atom stereocenters. The molecule has 29 heavy (non-hydrogen) atoms. The van der Waals surface area contributed by atoms with Crippen LogP contribution in [0.5, 0.6) is 5.75 Å². The molecule has 4 rings (SSSR count). The Kier molecular flexibility index (Phi) is 5.23. The van der Waals surface area contributed by atoms with Gasteiger partial charge in [0.1, 0.15) is 11.6 Å². The molecular weight excluding hydrogens is 386 g/mol. The molecule has 3 aromatic carbocycles. The van der Waals surface area contributed by atoms with E-state index in [0.717, 1.165) is 33.5 Å². The molecule has 1 amide bonds. The van der Waals surface area contributed by atoms with E-state index < -0.39 is 0 Å². The predicted octanol–water partition coefficient (Wildman–Crippen LogP) is 5.52. The van der Waals surface area contributed by atoms with Crippen molar-refractivity contribution in [1.29, 1.82) is 0 Å². The molecule has 0 fully saturated rings. The van der Waals surface area contributed by atoms with Crippen LogP contribution in [0.3, 0.4) is 0 Å². The van der Waals surface area contributed by atoms with Gasteiger partial charge in [-0.3, -0.25) is 4.79 Å². The summed E-state index contributed by atoms with van der Waals surface area (Å²) in [5.74, 6) is 1.25. The van der Waals surface area contributed by atoms with Gasteiger partial charge in [0.05, 0.1) is 11.0 Å². The fourth-order valence-corrected chi connectivity index (χ4v) is 3.30. The molecule has 146 valence electrons. The molecule has 0 radical (unpaired) electrons. The Labute approximate surface area is 173 Å². The number of nitrogens with zero attached hydrogens (tertiary/aromatic N) is 1. The van der Waals surface area contributed by atoms with Gasteiger partial charge in [0.15, 0.2) is 6.61 Å². The normalized spacial score (nSPS) is 10.9. The minimum Gasteiger partial charge on any atom is -0.483 e. The lowest BCUT2D eigenvalue weighted by atomic mass is 10.1. The lowest BCUT2D eigenvalue weighted by molar-refractivity contribution is -0.118. The quantitative estimate of drug-likeness (QED) is 0.459. The van der Waals surface area contributed by atoms with E-state index in [-0.39, 0.29) is 12.5 Å². The number of carbonyl (C=O) groups is 1. The van der Waals surface area contributed by atoms with Crippen LogP contribution in [0.2, 0.25) is 5.02 Å². The zero-order valence-corrected chi connectivity index (χ0v) is 16.9. The molecule has 6 heteroatoms. The number of anilines is 1. The average Bonchev–Trinajstić information content (AvgIpc) is 3.11. The number of fused-ring (bicyclic) bond motifs is 1. The highest BCUT2D eigenvalue weighted by molar-refractivity contribution is 6.31. The van der Waals surface area contributed by atoms with Gasteiger partial charge in [-0.15, -0.1) is 0 Å². The Morgan fingerprint density at radius 2 is 1.86 bits per heavy atom. The highest BCUT2D eigenvalue weighted by atomic mass is 35.5. The molecule has 0 aliphatic carbocycles. The number of H-pyrrole nitrogens is 1. The summed E-state index contributed by atoms with van der Waals surface area (Å²) in [5, 5.41) is 3.50. The number of ether oxygens (including phenoxy) is 1. The third-order valence-electron chi connectivity index (χ3n) is 4.58. The van der Waals surface area contributed by atoms with Crippen LogP contribution in [-0.2, 0) is 4.79 Å². The Bertz CT molecular complexity index is 1180. The number of amides is 1. The maximum Gasteiger partial charge on any atom is 0.262 e. The summed E-state index contributed by atoms with van der Waals surface area (Å²) in [5.41, 5.74) is 5.52. The zero-order chi connectivity index (χ0) is 20.4. The van der Waals surface area contributed by atoms with E-state index in [1.54, 1.807) is 0 Å². The lowest BCUT2D eigenvalue weighted by Crippen LogP contribution is -2.20. The second-order valence-electron chi connectivity index (χ2n) is 6.93. The Morgan fingerprint density at radius 1 is 1.07 bits per heavy atom. The van der Waals surface area contributed by atoms with Gasteiger partial charge in [-0.05, 0) is 67.9 Å². The maximum atomic E-state index is 12.2. The monoisotopic (exact) mass is 405 g/mol. The molecule has 0 aliphatic rings. The summed E-state index contributed by atoms with van der Waals surface area (Å²) < 4.78 is 5.62. The van der Waals surface area contributed by atoms with E-state index in [1.807, 2.05) is 74.5 Å². The summed E-state index contributed by atoms with van der Waals surface area (Å²) in [7, 11) is 0. The molecule has 0 aliphatic heterocycles. The Morgan fingerprint density at radius 3 is 2.62 bits per heavy atom. The van der Waals surface area contributed by atoms with Crippen LogP contribution in [0.15, 0.2) is 60.7 Å². The molecule has 1 aromatic heterocycles. The van der Waals surface area contributed by atoms with Crippen molar-refractivity contribution in [3.05, 3.63) is 76.8 Å². The van der Waals surface area contributed by atoms with Crippen LogP contribution in [0.1, 0.15) is 11.1 Å². The van der Waals surface area contributed by atoms with Gasteiger partial charge in [-0.1, -0.05) is 29.3 Å². The number of aryl methyl sites for hydroxylation is 2. The molecular formula is C23H20ClN3O2. The van der Waals surface area contributed by atoms with Crippen LogP contribution >= 0.6 is 11.6 Å². The maximum absolute atomic E-state index is 12.2. The van der Waals surface area contributed by atoms with Crippen molar-refractivity contribution < 1.29 is 9.53 Å². The molecule has 0 unspecified atom stereocenters. The second kappa shape index (κ2) is 7.97. The first-order valence-electron chi connectivity index (χ1n) is 9.23. The molecule has 0 bridgehead atoms. The standard InChI is InChI=1S/C23H20ClN3O2/c1-14-3-10-21(15(2)11-14)29-13-22(28)25-18-7-4-16(5-8-18)23-26-19-9-6-17(24)12-20(19)27-23/h3-12H,13H2,1-2H3,(H,25,28)(H,26,27). The number of hydrogen-bond donors (Lipinski definition) is 2. The minimum absolute atomic E-state index is 0.0456. The van der Waals surface area contributed by atoms with Gasteiger partial charge >= 0.3 is 0 Å². The van der Waals surface area contributed by atoms with E-state index in [1.165, 1.54) is 0 Å². The van der Waals surface area contributed by atoms with Crippen LogP contribution in [0.4, 0.5) is 5.69 Å². The third-order valence-corrected chi connectivity index (χ3v) is 4.81. The van der Waals surface area contributed by atoms with Crippen LogP contribution in [0.25, 0.3) is 22.4 Å². The summed E-state index contributed by atoms with van der Waals surface area (Å²) in [6.07, 6.45) is 0. The van der Waals surface area contributed by atoms with Crippen LogP contribution < -0.4 is 10.1 Å². The van der Waals surface area contributed by atoms with Crippen LogP contribution in [0, 0.1) is 13.8 Å². The van der Waals surface area contributed by atoms with Crippen molar-refractivity contribution >= 4 is 34.2 Å². The summed E-state index contributed by atoms with van der Waals surface area (Å²) in [4.78, 5) is 20.0. The van der Waals surface area contributed by atoms with Crippen molar-refractivity contribution in [2.24, 2.45) is 0 Å². The van der Waals surface area contributed by atoms with Gasteiger partial charge < -0.3 is 15.0 Å². The number of halogens is 1. The van der Waals surface area contributed by atoms with Gasteiger partial charge in [-0.2, -0.15) is 0 Å². The first-order chi connectivity index (χ1) is 14.0. The highest BCUT2D eigenvalue weighted by Crippen LogP contribution is 2.24. The SMILES string of the molecule is Cc1ccc(OCC(=O)Nc2ccc(-c3nc4ccc(Cl)cc4[nH]3)cc2)c(C)c1. The zero-order valence-electron chi connectivity index (χ0n) is 16.1. The van der Waals surface area contributed by atoms with Crippen molar-refractivity contribution in [3.8, 4) is 17.1 Å². The van der Waals surface area contributed by atoms with E-state index in [9.17, 15) is 4.79 Å². The van der Waals surface area contributed by atoms with Crippen molar-refractivity contribution in [3.63, 3.8) is 0 Å². The van der Waals surface area contributed by atoms with E-state index in [0.29, 0.717) is 16.5 Å². The number of aromatic nitrogens is 2. The first-order valence-corrected chi connectivity index (χ1v) is 9.61. The topological polar surface area (TPSA) is 67.0 Å². The van der Waals surface area contributed by atoms with E-state index in [4.69, 9.17) is 16.3 Å². The number of aromatic amines is 1. The number of rotatable bonds is 5. The van der Waals surface area contributed by atoms with Gasteiger partial charge in [-0.25, -0.2) is 4.98 Å². The lowest BCUT2D eigenvalue weighted by Gasteiger charge is -2.10.